The molecule has 1 aromatic carbocycles. The maximum Gasteiger partial charge on any atom is 0.289 e. The molecule has 19 heavy (non-hydrogen) atoms. The monoisotopic (exact) mass is 259 g/mol. The van der Waals surface area contributed by atoms with Crippen LogP contribution in [0.1, 0.15) is 27.8 Å². The third-order valence-corrected chi connectivity index (χ3v) is 3.21. The molecule has 1 aromatic heterocycles. The summed E-state index contributed by atoms with van der Waals surface area (Å²) in [4.78, 5) is 15.7. The van der Waals surface area contributed by atoms with Crippen LogP contribution in [0.3, 0.4) is 0 Å². The lowest BCUT2D eigenvalue weighted by Crippen LogP contribution is -2.34. The number of anilines is 1. The molecule has 98 valence electrons. The Bertz CT molecular complexity index is 624. The molecule has 0 spiro atoms. The number of H-pyrrole nitrogens is 1. The third-order valence-electron chi connectivity index (χ3n) is 3.21. The minimum atomic E-state index is -0.637. The quantitative estimate of drug-likeness (QED) is 0.594. The van der Waals surface area contributed by atoms with Gasteiger partial charge in [-0.2, -0.15) is 4.98 Å². The summed E-state index contributed by atoms with van der Waals surface area (Å²) in [5, 5.41) is 18.8. The minimum absolute atomic E-state index is 0.0116. The summed E-state index contributed by atoms with van der Waals surface area (Å²) in [6, 6.07) is 7.19. The van der Waals surface area contributed by atoms with Crippen molar-refractivity contribution >= 4 is 11.9 Å². The highest BCUT2D eigenvalue weighted by Gasteiger charge is 2.32. The second-order valence-corrected chi connectivity index (χ2v) is 4.46. The predicted octanol–water partition coefficient (Wildman–Crippen LogP) is -0.225. The van der Waals surface area contributed by atoms with E-state index in [-0.39, 0.29) is 11.8 Å². The van der Waals surface area contributed by atoms with Crippen molar-refractivity contribution in [2.45, 2.75) is 18.6 Å². The number of hydrogen-bond acceptors (Lipinski definition) is 5. The van der Waals surface area contributed by atoms with E-state index in [1.807, 2.05) is 24.3 Å². The number of nitrogens with two attached hydrogens (primary N) is 1. The van der Waals surface area contributed by atoms with Gasteiger partial charge in [-0.1, -0.05) is 24.3 Å². The molecule has 1 heterocycles. The van der Waals surface area contributed by atoms with E-state index >= 15 is 0 Å². The number of carbonyl (C=O) groups excluding carboxylic acids is 1. The molecule has 0 saturated carbocycles. The fourth-order valence-corrected chi connectivity index (χ4v) is 2.33. The van der Waals surface area contributed by atoms with Gasteiger partial charge in [0.15, 0.2) is 0 Å². The number of nitrogens with one attached hydrogen (secondary N) is 2. The van der Waals surface area contributed by atoms with Gasteiger partial charge in [0.1, 0.15) is 0 Å². The van der Waals surface area contributed by atoms with E-state index in [0.717, 1.165) is 11.1 Å². The van der Waals surface area contributed by atoms with Crippen LogP contribution in [0, 0.1) is 0 Å². The van der Waals surface area contributed by atoms with Gasteiger partial charge in [-0.3, -0.25) is 9.89 Å². The zero-order valence-electron chi connectivity index (χ0n) is 10.00. The van der Waals surface area contributed by atoms with E-state index in [2.05, 4.69) is 20.5 Å². The van der Waals surface area contributed by atoms with Crippen LogP contribution in [-0.2, 0) is 6.42 Å². The first-order valence-corrected chi connectivity index (χ1v) is 5.90. The summed E-state index contributed by atoms with van der Waals surface area (Å²) >= 11 is 0. The van der Waals surface area contributed by atoms with Gasteiger partial charge in [-0.25, -0.2) is 0 Å². The van der Waals surface area contributed by atoms with Gasteiger partial charge >= 0.3 is 0 Å². The summed E-state index contributed by atoms with van der Waals surface area (Å²) in [7, 11) is 0. The molecule has 1 amide bonds. The molecule has 0 fully saturated rings. The summed E-state index contributed by atoms with van der Waals surface area (Å²) < 4.78 is 0. The molecule has 3 rings (SSSR count). The van der Waals surface area contributed by atoms with Crippen molar-refractivity contribution in [3.05, 3.63) is 41.2 Å². The molecule has 0 saturated heterocycles. The standard InChI is InChI=1S/C12H13N5O2/c13-12-15-10(16-17-12)11(19)14-9-7-4-2-1-3-6(7)5-8(9)18/h1-4,8-9,18H,5H2,(H,14,19)(H3,13,15,16,17)/t8-,9+/m0/s1. The first-order valence-electron chi connectivity index (χ1n) is 5.90. The molecular formula is C12H13N5O2. The van der Waals surface area contributed by atoms with Crippen LogP contribution in [0.4, 0.5) is 5.95 Å². The number of aliphatic hydroxyl groups is 1. The van der Waals surface area contributed by atoms with Crippen molar-refractivity contribution in [1.82, 2.24) is 20.5 Å². The predicted molar refractivity (Wildman–Crippen MR) is 67.2 cm³/mol. The van der Waals surface area contributed by atoms with E-state index in [1.54, 1.807) is 0 Å². The highest BCUT2D eigenvalue weighted by atomic mass is 16.3. The van der Waals surface area contributed by atoms with E-state index in [9.17, 15) is 9.90 Å². The Balaban J connectivity index is 1.82. The zero-order chi connectivity index (χ0) is 13.4. The Morgan fingerprint density at radius 3 is 3.00 bits per heavy atom. The molecule has 7 heteroatoms. The van der Waals surface area contributed by atoms with E-state index in [1.165, 1.54) is 0 Å². The Morgan fingerprint density at radius 2 is 2.26 bits per heavy atom. The van der Waals surface area contributed by atoms with Crippen LogP contribution < -0.4 is 11.1 Å². The maximum atomic E-state index is 12.0. The number of amides is 1. The topological polar surface area (TPSA) is 117 Å². The molecule has 0 bridgehead atoms. The Labute approximate surface area is 108 Å². The lowest BCUT2D eigenvalue weighted by atomic mass is 10.1. The summed E-state index contributed by atoms with van der Waals surface area (Å²) in [5.41, 5.74) is 7.31. The largest absolute Gasteiger partial charge is 0.390 e. The molecule has 2 atom stereocenters. The van der Waals surface area contributed by atoms with Gasteiger partial charge in [0.2, 0.25) is 11.8 Å². The maximum absolute atomic E-state index is 12.0. The Hall–Kier alpha value is -2.41. The molecular weight excluding hydrogens is 246 g/mol. The first-order chi connectivity index (χ1) is 9.15. The van der Waals surface area contributed by atoms with E-state index < -0.39 is 18.1 Å². The van der Waals surface area contributed by atoms with Gasteiger partial charge in [-0.05, 0) is 11.1 Å². The average molecular weight is 259 g/mol. The first kappa shape index (κ1) is 11.7. The van der Waals surface area contributed by atoms with Crippen LogP contribution in [-0.4, -0.2) is 32.3 Å². The van der Waals surface area contributed by atoms with Crippen LogP contribution in [0.15, 0.2) is 24.3 Å². The van der Waals surface area contributed by atoms with Crippen LogP contribution in [0.2, 0.25) is 0 Å². The molecule has 5 N–H and O–H groups in total. The number of aromatic nitrogens is 3. The van der Waals surface area contributed by atoms with Crippen LogP contribution >= 0.6 is 0 Å². The normalized spacial score (nSPS) is 21.1. The van der Waals surface area contributed by atoms with Crippen molar-refractivity contribution in [3.63, 3.8) is 0 Å². The van der Waals surface area contributed by atoms with Crippen LogP contribution in [0.25, 0.3) is 0 Å². The number of fused-ring (bicyclic) bond motifs is 1. The fraction of sp³-hybridized carbons (Fsp3) is 0.250. The van der Waals surface area contributed by atoms with Gasteiger partial charge in [0.05, 0.1) is 12.1 Å². The molecule has 0 radical (unpaired) electrons. The highest BCUT2D eigenvalue weighted by molar-refractivity contribution is 5.91. The minimum Gasteiger partial charge on any atom is -0.390 e. The Kier molecular flexibility index (Phi) is 2.68. The number of nitrogens with zero attached hydrogens (tertiary/aromatic N) is 2. The molecule has 1 aliphatic carbocycles. The number of nitrogen functional groups attached to an aromatic ring is 1. The van der Waals surface area contributed by atoms with Crippen LogP contribution in [0.5, 0.6) is 0 Å². The third kappa shape index (κ3) is 2.04. The zero-order valence-corrected chi connectivity index (χ0v) is 10.00. The lowest BCUT2D eigenvalue weighted by Gasteiger charge is -2.16. The molecule has 0 unspecified atom stereocenters. The van der Waals surface area contributed by atoms with E-state index in [0.29, 0.717) is 6.42 Å². The smallest absolute Gasteiger partial charge is 0.289 e. The molecule has 7 nitrogen and oxygen atoms in total. The fourth-order valence-electron chi connectivity index (χ4n) is 2.33. The number of aliphatic hydroxyl groups excluding tert-OH is 1. The molecule has 1 aliphatic rings. The number of benzene rings is 1. The van der Waals surface area contributed by atoms with Gasteiger partial charge in [0, 0.05) is 6.42 Å². The van der Waals surface area contributed by atoms with Gasteiger partial charge in [0.25, 0.3) is 5.91 Å². The number of rotatable bonds is 2. The summed E-state index contributed by atoms with van der Waals surface area (Å²) in [5.74, 6) is -0.392. The number of hydrogen-bond donors (Lipinski definition) is 4. The van der Waals surface area contributed by atoms with Gasteiger partial charge < -0.3 is 16.2 Å². The van der Waals surface area contributed by atoms with Crippen molar-refractivity contribution in [3.8, 4) is 0 Å². The van der Waals surface area contributed by atoms with Crippen molar-refractivity contribution in [1.29, 1.82) is 0 Å². The highest BCUT2D eigenvalue weighted by Crippen LogP contribution is 2.31. The second-order valence-electron chi connectivity index (χ2n) is 4.46. The molecule has 0 aliphatic heterocycles. The van der Waals surface area contributed by atoms with Crippen molar-refractivity contribution < 1.29 is 9.90 Å². The molecule has 2 aromatic rings. The van der Waals surface area contributed by atoms with Gasteiger partial charge in [-0.15, -0.1) is 5.10 Å². The summed E-state index contributed by atoms with van der Waals surface area (Å²) in [6.45, 7) is 0. The SMILES string of the molecule is Nc1n[nH]c(C(=O)N[C@@H]2c3ccccc3C[C@@H]2O)n1. The number of aromatic amines is 1. The number of carbonyl (C=O) groups is 1. The van der Waals surface area contributed by atoms with E-state index in [4.69, 9.17) is 5.73 Å². The van der Waals surface area contributed by atoms with Crippen molar-refractivity contribution in [2.75, 3.05) is 5.73 Å². The summed E-state index contributed by atoms with van der Waals surface area (Å²) in [6.07, 6.45) is -0.110. The second kappa shape index (κ2) is 4.36. The lowest BCUT2D eigenvalue weighted by molar-refractivity contribution is 0.0848. The average Bonchev–Trinajstić information content (AvgIpc) is 2.95. The van der Waals surface area contributed by atoms with Crippen molar-refractivity contribution in [2.24, 2.45) is 0 Å². The Morgan fingerprint density at radius 1 is 1.47 bits per heavy atom.